The van der Waals surface area contributed by atoms with Gasteiger partial charge < -0.3 is 5.32 Å². The van der Waals surface area contributed by atoms with Crippen LogP contribution in [0, 0.1) is 10.1 Å². The first-order valence-electron chi connectivity index (χ1n) is 5.54. The second-order valence-electron chi connectivity index (χ2n) is 4.60. The molecule has 0 amide bonds. The number of rotatable bonds is 6. The number of nitrogens with one attached hydrogen (secondary N) is 1. The first kappa shape index (κ1) is 15.3. The molecule has 0 spiro atoms. The van der Waals surface area contributed by atoms with Crippen LogP contribution in [-0.4, -0.2) is 22.5 Å². The van der Waals surface area contributed by atoms with Crippen molar-refractivity contribution in [1.29, 1.82) is 0 Å². The van der Waals surface area contributed by atoms with E-state index >= 15 is 0 Å². The summed E-state index contributed by atoms with van der Waals surface area (Å²) in [5.41, 5.74) is 0.822. The second kappa shape index (κ2) is 6.41. The van der Waals surface area contributed by atoms with Crippen LogP contribution in [0.3, 0.4) is 0 Å². The molecule has 0 saturated carbocycles. The summed E-state index contributed by atoms with van der Waals surface area (Å²) in [7, 11) is 0. The second-order valence-corrected chi connectivity index (χ2v) is 6.52. The maximum atomic E-state index is 10.7. The molecule has 0 unspecified atom stereocenters. The van der Waals surface area contributed by atoms with Crippen LogP contribution in [0.5, 0.6) is 0 Å². The predicted molar refractivity (Wildman–Crippen MR) is 77.4 cm³/mol. The average molecular weight is 289 g/mol. The van der Waals surface area contributed by atoms with E-state index in [4.69, 9.17) is 11.6 Å². The summed E-state index contributed by atoms with van der Waals surface area (Å²) in [6.07, 6.45) is 2.06. The number of thioether (sulfide) groups is 1. The highest BCUT2D eigenvalue weighted by Gasteiger charge is 2.15. The molecular weight excluding hydrogens is 272 g/mol. The molecule has 0 aromatic heterocycles. The van der Waals surface area contributed by atoms with Gasteiger partial charge in [0, 0.05) is 35.0 Å². The Kier molecular flexibility index (Phi) is 5.44. The number of non-ortho nitro benzene ring substituents is 1. The minimum Gasteiger partial charge on any atom is -0.311 e. The molecule has 1 aromatic rings. The third kappa shape index (κ3) is 4.48. The maximum Gasteiger partial charge on any atom is 0.269 e. The van der Waals surface area contributed by atoms with Gasteiger partial charge >= 0.3 is 0 Å². The average Bonchev–Trinajstić information content (AvgIpc) is 2.31. The highest BCUT2D eigenvalue weighted by atomic mass is 35.5. The molecule has 0 aliphatic heterocycles. The third-order valence-electron chi connectivity index (χ3n) is 2.66. The van der Waals surface area contributed by atoms with E-state index in [0.29, 0.717) is 11.6 Å². The van der Waals surface area contributed by atoms with Crippen molar-refractivity contribution in [2.24, 2.45) is 0 Å². The van der Waals surface area contributed by atoms with Gasteiger partial charge in [0.05, 0.1) is 4.92 Å². The van der Waals surface area contributed by atoms with Gasteiger partial charge in [0.25, 0.3) is 5.69 Å². The Labute approximate surface area is 116 Å². The van der Waals surface area contributed by atoms with Crippen molar-refractivity contribution in [2.75, 3.05) is 12.8 Å². The zero-order valence-electron chi connectivity index (χ0n) is 10.7. The summed E-state index contributed by atoms with van der Waals surface area (Å²) < 4.78 is 0.132. The van der Waals surface area contributed by atoms with Crippen molar-refractivity contribution >= 4 is 29.1 Å². The predicted octanol–water partition coefficient (Wildman–Crippen LogP) is 3.48. The lowest BCUT2D eigenvalue weighted by Crippen LogP contribution is -2.31. The minimum atomic E-state index is -0.411. The molecule has 0 atom stereocenters. The van der Waals surface area contributed by atoms with Gasteiger partial charge in [-0.2, -0.15) is 11.8 Å². The maximum absolute atomic E-state index is 10.7. The van der Waals surface area contributed by atoms with Gasteiger partial charge in [-0.15, -0.1) is 0 Å². The van der Waals surface area contributed by atoms with E-state index in [9.17, 15) is 10.1 Å². The number of hydrogen-bond acceptors (Lipinski definition) is 4. The van der Waals surface area contributed by atoms with Crippen molar-refractivity contribution < 1.29 is 4.92 Å². The normalized spacial score (nSPS) is 11.6. The molecule has 0 saturated heterocycles. The Morgan fingerprint density at radius 2 is 2.17 bits per heavy atom. The van der Waals surface area contributed by atoms with Crippen LogP contribution in [-0.2, 0) is 6.54 Å². The number of halogens is 1. The van der Waals surface area contributed by atoms with Gasteiger partial charge in [-0.3, -0.25) is 10.1 Å². The number of nitro groups is 1. The van der Waals surface area contributed by atoms with E-state index in [0.717, 1.165) is 12.1 Å². The van der Waals surface area contributed by atoms with Crippen molar-refractivity contribution in [3.8, 4) is 0 Å². The summed E-state index contributed by atoms with van der Waals surface area (Å²) in [4.78, 5) is 10.3. The van der Waals surface area contributed by atoms with Gasteiger partial charge in [0.2, 0.25) is 0 Å². The molecule has 4 nitrogen and oxygen atoms in total. The summed E-state index contributed by atoms with van der Waals surface area (Å²) in [6, 6.07) is 4.50. The molecular formula is C12H17ClN2O2S. The molecule has 0 radical (unpaired) electrons. The largest absolute Gasteiger partial charge is 0.311 e. The van der Waals surface area contributed by atoms with E-state index in [2.05, 4.69) is 25.4 Å². The summed E-state index contributed by atoms with van der Waals surface area (Å²) >= 11 is 7.79. The quantitative estimate of drug-likeness (QED) is 0.643. The van der Waals surface area contributed by atoms with Crippen LogP contribution in [0.15, 0.2) is 18.2 Å². The summed E-state index contributed by atoms with van der Waals surface area (Å²) in [5.74, 6) is 0. The Bertz CT molecular complexity index is 438. The molecule has 1 rings (SSSR count). The number of nitro benzene ring substituents is 1. The zero-order chi connectivity index (χ0) is 13.8. The summed E-state index contributed by atoms with van der Waals surface area (Å²) in [5, 5.41) is 14.5. The topological polar surface area (TPSA) is 55.2 Å². The van der Waals surface area contributed by atoms with Crippen LogP contribution in [0.2, 0.25) is 5.02 Å². The van der Waals surface area contributed by atoms with E-state index in [1.54, 1.807) is 17.8 Å². The Hall–Kier alpha value is -0.780. The monoisotopic (exact) mass is 288 g/mol. The molecule has 100 valence electrons. The minimum absolute atomic E-state index is 0.0697. The lowest BCUT2D eigenvalue weighted by atomic mass is 10.1. The number of hydrogen-bond donors (Lipinski definition) is 1. The van der Waals surface area contributed by atoms with Crippen molar-refractivity contribution in [1.82, 2.24) is 5.32 Å². The van der Waals surface area contributed by atoms with E-state index in [1.807, 2.05) is 0 Å². The third-order valence-corrected chi connectivity index (χ3v) is 4.28. The van der Waals surface area contributed by atoms with E-state index < -0.39 is 4.92 Å². The van der Waals surface area contributed by atoms with Crippen molar-refractivity contribution in [2.45, 2.75) is 25.1 Å². The van der Waals surface area contributed by atoms with Crippen LogP contribution in [0.4, 0.5) is 5.69 Å². The number of nitrogens with zero attached hydrogens (tertiary/aromatic N) is 1. The van der Waals surface area contributed by atoms with Crippen molar-refractivity contribution in [3.05, 3.63) is 38.9 Å². The van der Waals surface area contributed by atoms with Crippen LogP contribution in [0.25, 0.3) is 0 Å². The Balaban J connectivity index is 2.67. The molecule has 0 heterocycles. The van der Waals surface area contributed by atoms with E-state index in [-0.39, 0.29) is 10.4 Å². The van der Waals surface area contributed by atoms with Gasteiger partial charge in [-0.05, 0) is 31.7 Å². The SMILES string of the molecule is CSC(C)(C)CNCc1cc([N+](=O)[O-])ccc1Cl. The van der Waals surface area contributed by atoms with Crippen LogP contribution in [0.1, 0.15) is 19.4 Å². The smallest absolute Gasteiger partial charge is 0.269 e. The van der Waals surface area contributed by atoms with Crippen LogP contribution >= 0.6 is 23.4 Å². The fourth-order valence-electron chi connectivity index (χ4n) is 1.38. The Morgan fingerprint density at radius 3 is 2.72 bits per heavy atom. The van der Waals surface area contributed by atoms with Crippen LogP contribution < -0.4 is 5.32 Å². The van der Waals surface area contributed by atoms with Gasteiger partial charge in [-0.25, -0.2) is 0 Å². The van der Waals surface area contributed by atoms with Gasteiger partial charge in [0.15, 0.2) is 0 Å². The fraction of sp³-hybridized carbons (Fsp3) is 0.500. The molecule has 0 bridgehead atoms. The molecule has 0 fully saturated rings. The Morgan fingerprint density at radius 1 is 1.50 bits per heavy atom. The molecule has 18 heavy (non-hydrogen) atoms. The standard InChI is InChI=1S/C12H17ClN2O2S/c1-12(2,18-3)8-14-7-9-6-10(15(16)17)4-5-11(9)13/h4-6,14H,7-8H2,1-3H3. The fourth-order valence-corrected chi connectivity index (χ4v) is 1.81. The van der Waals surface area contributed by atoms with E-state index in [1.165, 1.54) is 12.1 Å². The molecule has 1 aromatic carbocycles. The number of benzene rings is 1. The molecule has 1 N–H and O–H groups in total. The molecule has 6 heteroatoms. The van der Waals surface area contributed by atoms with Crippen molar-refractivity contribution in [3.63, 3.8) is 0 Å². The first-order chi connectivity index (χ1) is 8.35. The summed E-state index contributed by atoms with van der Waals surface area (Å²) in [6.45, 7) is 5.62. The lowest BCUT2D eigenvalue weighted by molar-refractivity contribution is -0.384. The lowest BCUT2D eigenvalue weighted by Gasteiger charge is -2.22. The van der Waals surface area contributed by atoms with Gasteiger partial charge in [-0.1, -0.05) is 11.6 Å². The van der Waals surface area contributed by atoms with Gasteiger partial charge in [0.1, 0.15) is 0 Å². The zero-order valence-corrected chi connectivity index (χ0v) is 12.3. The highest BCUT2D eigenvalue weighted by Crippen LogP contribution is 2.23. The molecule has 0 aliphatic rings. The first-order valence-corrected chi connectivity index (χ1v) is 7.15. The highest BCUT2D eigenvalue weighted by molar-refractivity contribution is 7.99. The molecule has 0 aliphatic carbocycles.